The van der Waals surface area contributed by atoms with Gasteiger partial charge < -0.3 is 5.11 Å². The van der Waals surface area contributed by atoms with Crippen molar-refractivity contribution in [1.29, 1.82) is 0 Å². The zero-order chi connectivity index (χ0) is 15.2. The normalized spacial score (nSPS) is 12.8. The Kier molecular flexibility index (Phi) is 4.38. The lowest BCUT2D eigenvalue weighted by atomic mass is 10.1. The van der Waals surface area contributed by atoms with E-state index in [9.17, 15) is 27.1 Å². The van der Waals surface area contributed by atoms with E-state index < -0.39 is 40.8 Å². The summed E-state index contributed by atoms with van der Waals surface area (Å²) in [7, 11) is 0. The van der Waals surface area contributed by atoms with Crippen molar-refractivity contribution in [2.45, 2.75) is 6.10 Å². The second-order valence-corrected chi connectivity index (χ2v) is 6.20. The van der Waals surface area contributed by atoms with Crippen LogP contribution in [0.1, 0.15) is 16.5 Å². The van der Waals surface area contributed by atoms with Crippen LogP contribution in [0.2, 0.25) is 4.34 Å². The summed E-state index contributed by atoms with van der Waals surface area (Å²) < 4.78 is 66.6. The lowest BCUT2D eigenvalue weighted by molar-refractivity contribution is 0.206. The van der Waals surface area contributed by atoms with Crippen LogP contribution in [0.25, 0.3) is 0 Å². The molecule has 20 heavy (non-hydrogen) atoms. The van der Waals surface area contributed by atoms with Crippen LogP contribution in [0.5, 0.6) is 0 Å². The first-order valence-electron chi connectivity index (χ1n) is 4.89. The molecule has 0 aliphatic rings. The zero-order valence-electron chi connectivity index (χ0n) is 9.16. The van der Waals surface area contributed by atoms with Crippen molar-refractivity contribution >= 4 is 38.9 Å². The van der Waals surface area contributed by atoms with Gasteiger partial charge in [0.15, 0.2) is 23.3 Å². The lowest BCUT2D eigenvalue weighted by Crippen LogP contribution is -2.11. The van der Waals surface area contributed by atoms with E-state index >= 15 is 0 Å². The van der Waals surface area contributed by atoms with Gasteiger partial charge in [-0.25, -0.2) is 22.0 Å². The predicted molar refractivity (Wildman–Crippen MR) is 67.3 cm³/mol. The average Bonchev–Trinajstić information content (AvgIpc) is 2.74. The van der Waals surface area contributed by atoms with Gasteiger partial charge in [-0.2, -0.15) is 0 Å². The SMILES string of the molecule is OC(c1cc(Br)c(Cl)s1)c1c(F)c(F)c(F)c(F)c1F. The Morgan fingerprint density at radius 3 is 1.85 bits per heavy atom. The maximum Gasteiger partial charge on any atom is 0.200 e. The van der Waals surface area contributed by atoms with Crippen molar-refractivity contribution < 1.29 is 27.1 Å². The molecule has 1 unspecified atom stereocenters. The molecule has 1 nitrogen and oxygen atoms in total. The molecule has 9 heteroatoms. The fourth-order valence-electron chi connectivity index (χ4n) is 1.50. The molecule has 0 saturated carbocycles. The molecule has 0 bridgehead atoms. The fourth-order valence-corrected chi connectivity index (χ4v) is 3.23. The minimum Gasteiger partial charge on any atom is -0.383 e. The van der Waals surface area contributed by atoms with Gasteiger partial charge in [0.2, 0.25) is 5.82 Å². The molecule has 1 aromatic carbocycles. The Labute approximate surface area is 126 Å². The summed E-state index contributed by atoms with van der Waals surface area (Å²) in [5.74, 6) is -10.6. The van der Waals surface area contributed by atoms with Gasteiger partial charge >= 0.3 is 0 Å². The number of thiophene rings is 1. The van der Waals surface area contributed by atoms with Gasteiger partial charge in [-0.1, -0.05) is 11.6 Å². The maximum absolute atomic E-state index is 13.5. The topological polar surface area (TPSA) is 20.2 Å². The van der Waals surface area contributed by atoms with Crippen LogP contribution in [-0.2, 0) is 0 Å². The molecule has 0 aliphatic heterocycles. The predicted octanol–water partition coefficient (Wildman–Crippen LogP) is 4.94. The minimum absolute atomic E-state index is 0.0647. The van der Waals surface area contributed by atoms with Crippen LogP contribution in [0.3, 0.4) is 0 Å². The maximum atomic E-state index is 13.5. The highest BCUT2D eigenvalue weighted by Gasteiger charge is 2.31. The summed E-state index contributed by atoms with van der Waals surface area (Å²) >= 11 is 9.45. The number of rotatable bonds is 2. The van der Waals surface area contributed by atoms with Gasteiger partial charge in [0.05, 0.1) is 5.56 Å². The molecule has 0 fully saturated rings. The first-order chi connectivity index (χ1) is 9.25. The number of aliphatic hydroxyl groups excluding tert-OH is 1. The van der Waals surface area contributed by atoms with Crippen molar-refractivity contribution in [3.63, 3.8) is 0 Å². The molecule has 1 atom stereocenters. The highest BCUT2D eigenvalue weighted by atomic mass is 79.9. The molecule has 0 radical (unpaired) electrons. The molecule has 0 spiro atoms. The minimum atomic E-state index is -2.28. The summed E-state index contributed by atoms with van der Waals surface area (Å²) in [5, 5.41) is 9.83. The van der Waals surface area contributed by atoms with Crippen molar-refractivity contribution in [2.75, 3.05) is 0 Å². The molecular formula is C11H3BrClF5OS. The van der Waals surface area contributed by atoms with E-state index in [1.807, 2.05) is 0 Å². The zero-order valence-corrected chi connectivity index (χ0v) is 12.3. The summed E-state index contributed by atoms with van der Waals surface area (Å²) in [6.45, 7) is 0. The highest BCUT2D eigenvalue weighted by Crippen LogP contribution is 2.39. The Hall–Kier alpha value is -0.700. The molecule has 2 rings (SSSR count). The van der Waals surface area contributed by atoms with Crippen LogP contribution in [0, 0.1) is 29.1 Å². The molecule has 0 saturated heterocycles. The van der Waals surface area contributed by atoms with Crippen LogP contribution < -0.4 is 0 Å². The molecule has 1 heterocycles. The molecule has 0 amide bonds. The van der Waals surface area contributed by atoms with E-state index in [0.29, 0.717) is 4.47 Å². The number of benzene rings is 1. The van der Waals surface area contributed by atoms with E-state index in [0.717, 1.165) is 11.3 Å². The highest BCUT2D eigenvalue weighted by molar-refractivity contribution is 9.10. The standard InChI is InChI=1S/C11H3BrClF5OS/c12-2-1-3(20-11(2)13)10(19)4-5(14)7(16)9(18)8(17)6(4)15/h1,10,19H. The Morgan fingerprint density at radius 1 is 1.00 bits per heavy atom. The van der Waals surface area contributed by atoms with Crippen molar-refractivity contribution in [3.8, 4) is 0 Å². The Bertz CT molecular complexity index is 641. The van der Waals surface area contributed by atoms with E-state index in [4.69, 9.17) is 11.6 Å². The quantitative estimate of drug-likeness (QED) is 0.435. The number of hydrogen-bond donors (Lipinski definition) is 1. The summed E-state index contributed by atoms with van der Waals surface area (Å²) in [4.78, 5) is -0.0647. The van der Waals surface area contributed by atoms with Gasteiger partial charge in [0, 0.05) is 9.35 Å². The van der Waals surface area contributed by atoms with Gasteiger partial charge in [-0.15, -0.1) is 11.3 Å². The van der Waals surface area contributed by atoms with E-state index in [-0.39, 0.29) is 9.21 Å². The van der Waals surface area contributed by atoms with Crippen LogP contribution >= 0.6 is 38.9 Å². The Morgan fingerprint density at radius 2 is 1.45 bits per heavy atom. The van der Waals surface area contributed by atoms with E-state index in [2.05, 4.69) is 15.9 Å². The van der Waals surface area contributed by atoms with E-state index in [1.54, 1.807) is 0 Å². The number of aliphatic hydroxyl groups is 1. The van der Waals surface area contributed by atoms with Crippen molar-refractivity contribution in [3.05, 3.63) is 54.4 Å². The second kappa shape index (κ2) is 5.59. The summed E-state index contributed by atoms with van der Waals surface area (Å²) in [5.41, 5.74) is -1.31. The largest absolute Gasteiger partial charge is 0.383 e. The molecular weight excluding hydrogens is 391 g/mol. The Balaban J connectivity index is 2.63. The monoisotopic (exact) mass is 392 g/mol. The first kappa shape index (κ1) is 15.7. The van der Waals surface area contributed by atoms with Crippen LogP contribution in [0.4, 0.5) is 22.0 Å². The number of halogens is 7. The third-order valence-electron chi connectivity index (χ3n) is 2.45. The van der Waals surface area contributed by atoms with E-state index in [1.165, 1.54) is 6.07 Å². The fraction of sp³-hybridized carbons (Fsp3) is 0.0909. The molecule has 108 valence electrons. The van der Waals surface area contributed by atoms with Gasteiger partial charge in [0.25, 0.3) is 0 Å². The molecule has 1 aromatic heterocycles. The molecule has 2 aromatic rings. The average molecular weight is 394 g/mol. The van der Waals surface area contributed by atoms with Crippen molar-refractivity contribution in [1.82, 2.24) is 0 Å². The van der Waals surface area contributed by atoms with Crippen LogP contribution in [-0.4, -0.2) is 5.11 Å². The first-order valence-corrected chi connectivity index (χ1v) is 6.88. The summed E-state index contributed by atoms with van der Waals surface area (Å²) in [6.07, 6.45) is -2.02. The van der Waals surface area contributed by atoms with Crippen LogP contribution in [0.15, 0.2) is 10.5 Å². The lowest BCUT2D eigenvalue weighted by Gasteiger charge is -2.12. The third kappa shape index (κ3) is 2.45. The smallest absolute Gasteiger partial charge is 0.200 e. The summed E-state index contributed by atoms with van der Waals surface area (Å²) in [6, 6.07) is 1.23. The van der Waals surface area contributed by atoms with Gasteiger partial charge in [0.1, 0.15) is 10.4 Å². The third-order valence-corrected chi connectivity index (χ3v) is 4.98. The number of hydrogen-bond acceptors (Lipinski definition) is 2. The van der Waals surface area contributed by atoms with Crippen molar-refractivity contribution in [2.24, 2.45) is 0 Å². The van der Waals surface area contributed by atoms with Gasteiger partial charge in [-0.05, 0) is 22.0 Å². The van der Waals surface area contributed by atoms with Gasteiger partial charge in [-0.3, -0.25) is 0 Å². The molecule has 1 N–H and O–H groups in total. The molecule has 0 aliphatic carbocycles. The second-order valence-electron chi connectivity index (χ2n) is 3.66.